The molecule has 0 bridgehead atoms. The van der Waals surface area contributed by atoms with Gasteiger partial charge in [0.05, 0.1) is 17.5 Å². The molecule has 0 saturated heterocycles. The van der Waals surface area contributed by atoms with Crippen molar-refractivity contribution >= 4 is 27.5 Å². The summed E-state index contributed by atoms with van der Waals surface area (Å²) in [6.45, 7) is 2.92. The number of amides is 2. The van der Waals surface area contributed by atoms with Crippen LogP contribution in [0.2, 0.25) is 0 Å². The van der Waals surface area contributed by atoms with Gasteiger partial charge in [0, 0.05) is 12.6 Å². The van der Waals surface area contributed by atoms with Gasteiger partial charge >= 0.3 is 6.18 Å². The maximum absolute atomic E-state index is 13.7. The normalized spacial score (nSPS) is 15.2. The zero-order valence-electron chi connectivity index (χ0n) is 21.8. The number of carbonyl (C=O) groups is 2. The third-order valence-corrected chi connectivity index (χ3v) is 7.97. The fourth-order valence-corrected chi connectivity index (χ4v) is 5.55. The third-order valence-electron chi connectivity index (χ3n) is 6.83. The van der Waals surface area contributed by atoms with E-state index in [1.165, 1.54) is 11.0 Å². The number of benzene rings is 2. The van der Waals surface area contributed by atoms with Crippen molar-refractivity contribution < 1.29 is 31.2 Å². The van der Waals surface area contributed by atoms with E-state index in [2.05, 4.69) is 5.32 Å². The van der Waals surface area contributed by atoms with E-state index < -0.39 is 40.3 Å². The van der Waals surface area contributed by atoms with E-state index in [0.717, 1.165) is 55.2 Å². The van der Waals surface area contributed by atoms with Crippen molar-refractivity contribution in [2.75, 3.05) is 17.1 Å². The van der Waals surface area contributed by atoms with Crippen molar-refractivity contribution in [3.05, 3.63) is 65.2 Å². The van der Waals surface area contributed by atoms with Gasteiger partial charge in [0.1, 0.15) is 12.6 Å². The van der Waals surface area contributed by atoms with Crippen molar-refractivity contribution in [1.82, 2.24) is 10.2 Å². The van der Waals surface area contributed by atoms with E-state index >= 15 is 0 Å². The summed E-state index contributed by atoms with van der Waals surface area (Å²) < 4.78 is 65.9. The second-order valence-electron chi connectivity index (χ2n) is 9.68. The zero-order valence-corrected chi connectivity index (χ0v) is 22.6. The van der Waals surface area contributed by atoms with E-state index in [-0.39, 0.29) is 30.6 Å². The summed E-state index contributed by atoms with van der Waals surface area (Å²) in [4.78, 5) is 28.4. The lowest BCUT2D eigenvalue weighted by Gasteiger charge is -2.33. The van der Waals surface area contributed by atoms with Gasteiger partial charge in [-0.2, -0.15) is 13.2 Å². The van der Waals surface area contributed by atoms with E-state index in [1.807, 2.05) is 25.1 Å². The highest BCUT2D eigenvalue weighted by Gasteiger charge is 2.35. The largest absolute Gasteiger partial charge is 0.416 e. The Morgan fingerprint density at radius 3 is 2.32 bits per heavy atom. The molecule has 1 N–H and O–H groups in total. The second-order valence-corrected chi connectivity index (χ2v) is 11.6. The Morgan fingerprint density at radius 2 is 1.74 bits per heavy atom. The van der Waals surface area contributed by atoms with E-state index in [4.69, 9.17) is 0 Å². The van der Waals surface area contributed by atoms with Crippen LogP contribution in [-0.4, -0.2) is 50.0 Å². The van der Waals surface area contributed by atoms with Crippen LogP contribution in [0, 0.1) is 6.92 Å². The smallest absolute Gasteiger partial charge is 0.352 e. The summed E-state index contributed by atoms with van der Waals surface area (Å²) in [6, 6.07) is 10.3. The number of carbonyl (C=O) groups excluding carboxylic acids is 2. The van der Waals surface area contributed by atoms with Crippen LogP contribution in [0.3, 0.4) is 0 Å². The van der Waals surface area contributed by atoms with E-state index in [1.54, 1.807) is 13.0 Å². The summed E-state index contributed by atoms with van der Waals surface area (Å²) in [6.07, 6.45) is 0.138. The maximum atomic E-state index is 13.7. The molecule has 2 aromatic carbocycles. The van der Waals surface area contributed by atoms with Crippen molar-refractivity contribution in [3.8, 4) is 0 Å². The molecule has 1 aliphatic rings. The number of nitrogens with one attached hydrogen (secondary N) is 1. The molecule has 1 saturated carbocycles. The molecule has 1 fully saturated rings. The van der Waals surface area contributed by atoms with Gasteiger partial charge in [-0.05, 0) is 55.5 Å². The highest BCUT2D eigenvalue weighted by atomic mass is 32.2. The first kappa shape index (κ1) is 29.5. The minimum absolute atomic E-state index is 0.0181. The van der Waals surface area contributed by atoms with Crippen LogP contribution in [0.15, 0.2) is 48.5 Å². The van der Waals surface area contributed by atoms with E-state index in [9.17, 15) is 31.2 Å². The van der Waals surface area contributed by atoms with Gasteiger partial charge in [0.15, 0.2) is 0 Å². The van der Waals surface area contributed by atoms with Crippen molar-refractivity contribution in [2.24, 2.45) is 0 Å². The minimum atomic E-state index is -4.69. The molecule has 208 valence electrons. The number of aryl methyl sites for hydroxylation is 1. The molecule has 2 amide bonds. The minimum Gasteiger partial charge on any atom is -0.352 e. The van der Waals surface area contributed by atoms with Gasteiger partial charge in [-0.15, -0.1) is 0 Å². The predicted molar refractivity (Wildman–Crippen MR) is 140 cm³/mol. The fraction of sp³-hybridized carbons (Fsp3) is 0.481. The number of nitrogens with zero attached hydrogens (tertiary/aromatic N) is 2. The summed E-state index contributed by atoms with van der Waals surface area (Å²) in [5, 5.41) is 3.02. The lowest BCUT2D eigenvalue weighted by molar-refractivity contribution is -0.140. The first-order chi connectivity index (χ1) is 17.8. The van der Waals surface area contributed by atoms with Crippen LogP contribution in [0.25, 0.3) is 0 Å². The predicted octanol–water partition coefficient (Wildman–Crippen LogP) is 4.65. The molecule has 38 heavy (non-hydrogen) atoms. The molecule has 2 aromatic rings. The van der Waals surface area contributed by atoms with Crippen LogP contribution in [0.5, 0.6) is 0 Å². The monoisotopic (exact) mass is 553 g/mol. The quantitative estimate of drug-likeness (QED) is 0.464. The van der Waals surface area contributed by atoms with Crippen molar-refractivity contribution in [2.45, 2.75) is 70.8 Å². The molecule has 1 aliphatic carbocycles. The lowest BCUT2D eigenvalue weighted by atomic mass is 10.1. The van der Waals surface area contributed by atoms with Crippen LogP contribution in [0.1, 0.15) is 55.7 Å². The average Bonchev–Trinajstić information content (AvgIpc) is 3.35. The Kier molecular flexibility index (Phi) is 9.45. The molecule has 0 spiro atoms. The molecular formula is C27H34F3N3O4S. The van der Waals surface area contributed by atoms with Crippen LogP contribution in [-0.2, 0) is 32.3 Å². The molecule has 1 atom stereocenters. The lowest BCUT2D eigenvalue weighted by Crippen LogP contribution is -2.53. The van der Waals surface area contributed by atoms with Gasteiger partial charge in [-0.3, -0.25) is 13.9 Å². The Labute approximate surface area is 222 Å². The van der Waals surface area contributed by atoms with Crippen molar-refractivity contribution in [1.29, 1.82) is 0 Å². The van der Waals surface area contributed by atoms with Gasteiger partial charge in [0.2, 0.25) is 21.8 Å². The van der Waals surface area contributed by atoms with Crippen LogP contribution >= 0.6 is 0 Å². The molecule has 0 unspecified atom stereocenters. The molecule has 3 rings (SSSR count). The highest BCUT2D eigenvalue weighted by Crippen LogP contribution is 2.32. The van der Waals surface area contributed by atoms with Gasteiger partial charge < -0.3 is 10.2 Å². The standard InChI is InChI=1S/C27H34F3N3O4S/c1-4-24(26(35)31-22-13-7-8-14-22)32(17-20-11-6-5-10-19(20)2)25(34)18-33(38(3,36)37)23-15-9-12-21(16-23)27(28,29)30/h5-6,9-12,15-16,22,24H,4,7-8,13-14,17-18H2,1-3H3,(H,31,35)/t24-/m0/s1. The Morgan fingerprint density at radius 1 is 1.08 bits per heavy atom. The Hall–Kier alpha value is -3.08. The molecule has 0 radical (unpaired) electrons. The first-order valence-corrected chi connectivity index (χ1v) is 14.5. The molecule has 11 heteroatoms. The van der Waals surface area contributed by atoms with Gasteiger partial charge in [0.25, 0.3) is 0 Å². The van der Waals surface area contributed by atoms with E-state index in [0.29, 0.717) is 10.4 Å². The SMILES string of the molecule is CC[C@@H](C(=O)NC1CCCC1)N(Cc1ccccc1C)C(=O)CN(c1cccc(C(F)(F)F)c1)S(C)(=O)=O. The zero-order chi connectivity index (χ0) is 28.1. The third kappa shape index (κ3) is 7.49. The first-order valence-electron chi connectivity index (χ1n) is 12.6. The Balaban J connectivity index is 1.96. The molecule has 0 heterocycles. The maximum Gasteiger partial charge on any atom is 0.416 e. The van der Waals surface area contributed by atoms with Gasteiger partial charge in [-0.25, -0.2) is 8.42 Å². The van der Waals surface area contributed by atoms with Crippen molar-refractivity contribution in [3.63, 3.8) is 0 Å². The fourth-order valence-electron chi connectivity index (χ4n) is 4.71. The number of halogens is 3. The number of rotatable bonds is 10. The summed E-state index contributed by atoms with van der Waals surface area (Å²) >= 11 is 0. The van der Waals surface area contributed by atoms with Crippen LogP contribution < -0.4 is 9.62 Å². The highest BCUT2D eigenvalue weighted by molar-refractivity contribution is 7.92. The second kappa shape index (κ2) is 12.2. The van der Waals surface area contributed by atoms with Crippen LogP contribution in [0.4, 0.5) is 18.9 Å². The summed E-state index contributed by atoms with van der Waals surface area (Å²) in [5.74, 6) is -1.02. The number of hydrogen-bond donors (Lipinski definition) is 1. The molecule has 7 nitrogen and oxygen atoms in total. The number of hydrogen-bond acceptors (Lipinski definition) is 4. The average molecular weight is 554 g/mol. The topological polar surface area (TPSA) is 86.8 Å². The number of sulfonamides is 1. The molecule has 0 aromatic heterocycles. The number of anilines is 1. The number of alkyl halides is 3. The summed E-state index contributed by atoms with van der Waals surface area (Å²) in [7, 11) is -4.14. The Bertz CT molecular complexity index is 1240. The molecular weight excluding hydrogens is 519 g/mol. The van der Waals surface area contributed by atoms with Gasteiger partial charge in [-0.1, -0.05) is 50.1 Å². The molecule has 0 aliphatic heterocycles. The summed E-state index contributed by atoms with van der Waals surface area (Å²) in [5.41, 5.74) is 0.345.